The summed E-state index contributed by atoms with van der Waals surface area (Å²) in [4.78, 5) is 4.20. The van der Waals surface area contributed by atoms with Gasteiger partial charge in [-0.05, 0) is 24.1 Å². The van der Waals surface area contributed by atoms with Gasteiger partial charge in [0.2, 0.25) is 0 Å². The molecule has 18 heavy (non-hydrogen) atoms. The molecule has 2 aromatic rings. The Labute approximate surface area is 108 Å². The zero-order valence-electron chi connectivity index (χ0n) is 9.42. The molecule has 2 heterocycles. The van der Waals surface area contributed by atoms with Crippen molar-refractivity contribution >= 4 is 11.6 Å². The number of hydrogen-bond acceptors (Lipinski definition) is 3. The molecule has 1 N–H and O–H groups in total. The van der Waals surface area contributed by atoms with Crippen molar-refractivity contribution < 1.29 is 9.50 Å². The van der Waals surface area contributed by atoms with Gasteiger partial charge in [0, 0.05) is 10.9 Å². The van der Waals surface area contributed by atoms with Crippen molar-refractivity contribution in [2.45, 2.75) is 25.0 Å². The number of fused-ring (bicyclic) bond motifs is 1. The van der Waals surface area contributed by atoms with Gasteiger partial charge in [0.1, 0.15) is 18.0 Å². The molecule has 3 rings (SSSR count). The molecule has 1 aromatic carbocycles. The molecule has 0 saturated carbocycles. The van der Waals surface area contributed by atoms with E-state index in [1.165, 1.54) is 18.5 Å². The molecule has 4 nitrogen and oxygen atoms in total. The summed E-state index contributed by atoms with van der Waals surface area (Å²) in [5.41, 5.74) is 0.770. The molecule has 2 unspecified atom stereocenters. The van der Waals surface area contributed by atoms with E-state index in [2.05, 4.69) is 10.1 Å². The SMILES string of the molecule is OC1CC(c2ccc(F)cc2Cl)c2ncnn2C1. The van der Waals surface area contributed by atoms with Gasteiger partial charge < -0.3 is 5.11 Å². The molecule has 2 atom stereocenters. The Bertz CT molecular complexity index is 586. The van der Waals surface area contributed by atoms with Gasteiger partial charge in [0.05, 0.1) is 12.6 Å². The number of rotatable bonds is 1. The normalized spacial score (nSPS) is 22.8. The Morgan fingerprint density at radius 2 is 2.28 bits per heavy atom. The van der Waals surface area contributed by atoms with Crippen LogP contribution in [0, 0.1) is 5.82 Å². The molecular weight excluding hydrogens is 257 g/mol. The van der Waals surface area contributed by atoms with Crippen LogP contribution >= 0.6 is 11.6 Å². The van der Waals surface area contributed by atoms with E-state index < -0.39 is 6.10 Å². The largest absolute Gasteiger partial charge is 0.391 e. The molecule has 0 spiro atoms. The quantitative estimate of drug-likeness (QED) is 0.859. The maximum atomic E-state index is 13.1. The number of aromatic nitrogens is 3. The smallest absolute Gasteiger partial charge is 0.138 e. The van der Waals surface area contributed by atoms with Crippen molar-refractivity contribution in [2.75, 3.05) is 0 Å². The van der Waals surface area contributed by atoms with Gasteiger partial charge in [0.25, 0.3) is 0 Å². The molecule has 6 heteroatoms. The standard InChI is InChI=1S/C12H11ClFN3O/c13-11-3-7(14)1-2-9(11)10-4-8(18)5-17-12(10)15-6-16-17/h1-3,6,8,10,18H,4-5H2. The fourth-order valence-corrected chi connectivity index (χ4v) is 2.68. The Kier molecular flexibility index (Phi) is 2.80. The average Bonchev–Trinajstić information content (AvgIpc) is 2.76. The molecule has 1 aliphatic heterocycles. The highest BCUT2D eigenvalue weighted by atomic mass is 35.5. The van der Waals surface area contributed by atoms with Gasteiger partial charge in [-0.15, -0.1) is 0 Å². The van der Waals surface area contributed by atoms with Crippen LogP contribution in [0.15, 0.2) is 24.5 Å². The Morgan fingerprint density at radius 3 is 3.06 bits per heavy atom. The summed E-state index contributed by atoms with van der Waals surface area (Å²) in [5, 5.41) is 14.3. The first kappa shape index (κ1) is 11.6. The molecule has 0 fully saturated rings. The molecular formula is C12H11ClFN3O. The van der Waals surface area contributed by atoms with Gasteiger partial charge in [-0.3, -0.25) is 0 Å². The van der Waals surface area contributed by atoms with E-state index >= 15 is 0 Å². The topological polar surface area (TPSA) is 50.9 Å². The minimum absolute atomic E-state index is 0.149. The summed E-state index contributed by atoms with van der Waals surface area (Å²) in [5.74, 6) is 0.236. The maximum Gasteiger partial charge on any atom is 0.138 e. The number of halogens is 2. The lowest BCUT2D eigenvalue weighted by Gasteiger charge is -2.27. The summed E-state index contributed by atoms with van der Waals surface area (Å²) in [7, 11) is 0. The lowest BCUT2D eigenvalue weighted by molar-refractivity contribution is 0.117. The van der Waals surface area contributed by atoms with Crippen molar-refractivity contribution in [3.8, 4) is 0 Å². The summed E-state index contributed by atoms with van der Waals surface area (Å²) < 4.78 is 14.7. The van der Waals surface area contributed by atoms with Crippen LogP contribution in [0.3, 0.4) is 0 Å². The monoisotopic (exact) mass is 267 g/mol. The van der Waals surface area contributed by atoms with E-state index in [1.807, 2.05) is 0 Å². The predicted molar refractivity (Wildman–Crippen MR) is 63.9 cm³/mol. The molecule has 0 aliphatic carbocycles. The fraction of sp³-hybridized carbons (Fsp3) is 0.333. The van der Waals surface area contributed by atoms with Crippen LogP contribution in [0.1, 0.15) is 23.7 Å². The van der Waals surface area contributed by atoms with E-state index in [1.54, 1.807) is 10.7 Å². The van der Waals surface area contributed by atoms with Crippen LogP contribution in [-0.2, 0) is 6.54 Å². The first-order chi connectivity index (χ1) is 8.65. The van der Waals surface area contributed by atoms with Crippen molar-refractivity contribution in [1.82, 2.24) is 14.8 Å². The van der Waals surface area contributed by atoms with E-state index in [0.717, 1.165) is 11.4 Å². The molecule has 0 amide bonds. The van der Waals surface area contributed by atoms with Crippen molar-refractivity contribution in [3.05, 3.63) is 46.8 Å². The van der Waals surface area contributed by atoms with E-state index in [0.29, 0.717) is 18.0 Å². The summed E-state index contributed by atoms with van der Waals surface area (Å²) in [6, 6.07) is 4.28. The molecule has 0 bridgehead atoms. The maximum absolute atomic E-state index is 13.1. The zero-order chi connectivity index (χ0) is 12.7. The second kappa shape index (κ2) is 4.33. The molecule has 1 aromatic heterocycles. The third-order valence-corrected chi connectivity index (χ3v) is 3.51. The number of nitrogens with zero attached hydrogens (tertiary/aromatic N) is 3. The van der Waals surface area contributed by atoms with Crippen LogP contribution in [0.2, 0.25) is 5.02 Å². The van der Waals surface area contributed by atoms with Crippen LogP contribution in [-0.4, -0.2) is 26.0 Å². The highest BCUT2D eigenvalue weighted by Gasteiger charge is 2.30. The number of benzene rings is 1. The highest BCUT2D eigenvalue weighted by molar-refractivity contribution is 6.31. The minimum atomic E-state index is -0.495. The predicted octanol–water partition coefficient (Wildman–Crippen LogP) is 1.97. The number of aliphatic hydroxyl groups excluding tert-OH is 1. The second-order valence-electron chi connectivity index (χ2n) is 4.41. The summed E-state index contributed by atoms with van der Waals surface area (Å²) in [6.07, 6.45) is 1.48. The fourth-order valence-electron chi connectivity index (χ4n) is 2.39. The lowest BCUT2D eigenvalue weighted by Crippen LogP contribution is -2.29. The third kappa shape index (κ3) is 1.89. The minimum Gasteiger partial charge on any atom is -0.391 e. The highest BCUT2D eigenvalue weighted by Crippen LogP contribution is 2.35. The van der Waals surface area contributed by atoms with Crippen molar-refractivity contribution in [2.24, 2.45) is 0 Å². The van der Waals surface area contributed by atoms with Crippen molar-refractivity contribution in [3.63, 3.8) is 0 Å². The van der Waals surface area contributed by atoms with Crippen LogP contribution in [0.4, 0.5) is 4.39 Å². The van der Waals surface area contributed by atoms with Gasteiger partial charge >= 0.3 is 0 Å². The lowest BCUT2D eigenvalue weighted by atomic mass is 9.90. The van der Waals surface area contributed by atoms with Gasteiger partial charge in [0.15, 0.2) is 0 Å². The van der Waals surface area contributed by atoms with Crippen molar-refractivity contribution in [1.29, 1.82) is 0 Å². The van der Waals surface area contributed by atoms with E-state index in [-0.39, 0.29) is 11.7 Å². The number of hydrogen-bond donors (Lipinski definition) is 1. The molecule has 0 radical (unpaired) electrons. The van der Waals surface area contributed by atoms with Gasteiger partial charge in [-0.1, -0.05) is 17.7 Å². The van der Waals surface area contributed by atoms with Gasteiger partial charge in [-0.2, -0.15) is 5.10 Å². The Balaban J connectivity index is 2.07. The average molecular weight is 268 g/mol. The van der Waals surface area contributed by atoms with E-state index in [4.69, 9.17) is 11.6 Å². The van der Waals surface area contributed by atoms with E-state index in [9.17, 15) is 9.50 Å². The molecule has 94 valence electrons. The second-order valence-corrected chi connectivity index (χ2v) is 4.82. The summed E-state index contributed by atoms with van der Waals surface area (Å²) in [6.45, 7) is 0.435. The van der Waals surface area contributed by atoms with Crippen LogP contribution in [0.5, 0.6) is 0 Å². The third-order valence-electron chi connectivity index (χ3n) is 3.19. The van der Waals surface area contributed by atoms with Gasteiger partial charge in [-0.25, -0.2) is 14.1 Å². The Hall–Kier alpha value is -1.46. The Morgan fingerprint density at radius 1 is 1.44 bits per heavy atom. The zero-order valence-corrected chi connectivity index (χ0v) is 10.2. The van der Waals surface area contributed by atoms with Crippen LogP contribution < -0.4 is 0 Å². The van der Waals surface area contributed by atoms with Crippen LogP contribution in [0.25, 0.3) is 0 Å². The first-order valence-corrected chi connectivity index (χ1v) is 6.03. The molecule has 1 aliphatic rings. The number of aliphatic hydroxyl groups is 1. The first-order valence-electron chi connectivity index (χ1n) is 5.66. The summed E-state index contributed by atoms with van der Waals surface area (Å²) >= 11 is 6.07. The molecule has 0 saturated heterocycles.